The Hall–Kier alpha value is -0.700. The van der Waals surface area contributed by atoms with Crippen molar-refractivity contribution in [1.29, 1.82) is 0 Å². The van der Waals surface area contributed by atoms with Crippen molar-refractivity contribution in [3.63, 3.8) is 0 Å². The molecule has 0 aromatic carbocycles. The van der Waals surface area contributed by atoms with Gasteiger partial charge in [-0.15, -0.1) is 0 Å². The number of piperidine rings is 1. The second kappa shape index (κ2) is 3.58. The second-order valence-corrected chi connectivity index (χ2v) is 3.87. The zero-order chi connectivity index (χ0) is 9.26. The maximum absolute atomic E-state index is 5.92. The maximum Gasteiger partial charge on any atom is 0.206 e. The van der Waals surface area contributed by atoms with Crippen molar-refractivity contribution >= 4 is 17.5 Å². The fourth-order valence-electron chi connectivity index (χ4n) is 1.77. The smallest absolute Gasteiger partial charge is 0.206 e. The Morgan fingerprint density at radius 3 is 2.54 bits per heavy atom. The van der Waals surface area contributed by atoms with Gasteiger partial charge in [-0.1, -0.05) is 11.6 Å². The first-order valence-electron chi connectivity index (χ1n) is 4.71. The van der Waals surface area contributed by atoms with Crippen molar-refractivity contribution in [2.75, 3.05) is 18.0 Å². The molecule has 1 aliphatic heterocycles. The molecule has 0 spiro atoms. The van der Waals surface area contributed by atoms with Gasteiger partial charge in [-0.25, -0.2) is 4.98 Å². The summed E-state index contributed by atoms with van der Waals surface area (Å²) in [6.45, 7) is 2.22. The van der Waals surface area contributed by atoms with Crippen LogP contribution >= 0.6 is 11.6 Å². The number of aromatic nitrogens is 2. The minimum Gasteiger partial charge on any atom is -0.342 e. The predicted molar refractivity (Wildman–Crippen MR) is 54.3 cm³/mol. The summed E-state index contributed by atoms with van der Waals surface area (Å²) in [7, 11) is 1.96. The fourth-order valence-corrected chi connectivity index (χ4v) is 1.89. The Morgan fingerprint density at radius 2 is 2.00 bits per heavy atom. The highest BCUT2D eigenvalue weighted by Gasteiger charge is 2.15. The van der Waals surface area contributed by atoms with Crippen molar-refractivity contribution in [3.05, 3.63) is 11.3 Å². The van der Waals surface area contributed by atoms with Gasteiger partial charge in [-0.05, 0) is 19.3 Å². The van der Waals surface area contributed by atoms with E-state index in [2.05, 4.69) is 9.88 Å². The van der Waals surface area contributed by atoms with Gasteiger partial charge >= 0.3 is 0 Å². The first-order chi connectivity index (χ1) is 6.29. The summed E-state index contributed by atoms with van der Waals surface area (Å²) in [5, 5.41) is 0.709. The van der Waals surface area contributed by atoms with Crippen molar-refractivity contribution in [2.45, 2.75) is 19.3 Å². The largest absolute Gasteiger partial charge is 0.342 e. The van der Waals surface area contributed by atoms with E-state index in [1.165, 1.54) is 19.3 Å². The van der Waals surface area contributed by atoms with E-state index < -0.39 is 0 Å². The van der Waals surface area contributed by atoms with Crippen LogP contribution < -0.4 is 4.90 Å². The molecule has 72 valence electrons. The van der Waals surface area contributed by atoms with Crippen LogP contribution in [0.25, 0.3) is 0 Å². The highest BCUT2D eigenvalue weighted by atomic mass is 35.5. The van der Waals surface area contributed by atoms with Gasteiger partial charge in [0.1, 0.15) is 5.15 Å². The number of hydrogen-bond acceptors (Lipinski definition) is 2. The number of halogens is 1. The Morgan fingerprint density at radius 1 is 1.31 bits per heavy atom. The van der Waals surface area contributed by atoms with Crippen LogP contribution in [0.5, 0.6) is 0 Å². The van der Waals surface area contributed by atoms with Gasteiger partial charge < -0.3 is 9.47 Å². The topological polar surface area (TPSA) is 21.1 Å². The average Bonchev–Trinajstić information content (AvgIpc) is 2.49. The lowest BCUT2D eigenvalue weighted by Gasteiger charge is -2.27. The molecule has 1 saturated heterocycles. The number of hydrogen-bond donors (Lipinski definition) is 0. The molecule has 0 saturated carbocycles. The summed E-state index contributed by atoms with van der Waals surface area (Å²) in [4.78, 5) is 6.60. The van der Waals surface area contributed by atoms with Crippen LogP contribution in [-0.4, -0.2) is 22.6 Å². The van der Waals surface area contributed by atoms with Crippen LogP contribution in [0.3, 0.4) is 0 Å². The summed E-state index contributed by atoms with van der Waals surface area (Å²) in [5.74, 6) is 1.00. The zero-order valence-corrected chi connectivity index (χ0v) is 8.59. The third kappa shape index (κ3) is 1.66. The molecule has 1 aromatic rings. The van der Waals surface area contributed by atoms with Gasteiger partial charge in [0.05, 0.1) is 6.20 Å². The molecule has 3 nitrogen and oxygen atoms in total. The standard InChI is InChI=1S/C9H14ClN3/c1-12-8(10)7-11-9(12)13-5-3-2-4-6-13/h7H,2-6H2,1H3. The van der Waals surface area contributed by atoms with Crippen molar-refractivity contribution in [3.8, 4) is 0 Å². The van der Waals surface area contributed by atoms with E-state index in [4.69, 9.17) is 11.6 Å². The molecule has 1 fully saturated rings. The van der Waals surface area contributed by atoms with Crippen LogP contribution in [0, 0.1) is 0 Å². The Bertz CT molecular complexity index is 289. The van der Waals surface area contributed by atoms with Gasteiger partial charge in [0.25, 0.3) is 0 Å². The van der Waals surface area contributed by atoms with Crippen LogP contribution in [0.4, 0.5) is 5.95 Å². The molecule has 0 atom stereocenters. The van der Waals surface area contributed by atoms with E-state index in [0.717, 1.165) is 19.0 Å². The summed E-state index contributed by atoms with van der Waals surface area (Å²) >= 11 is 5.92. The van der Waals surface area contributed by atoms with E-state index in [0.29, 0.717) is 5.15 Å². The van der Waals surface area contributed by atoms with Crippen LogP contribution in [0.1, 0.15) is 19.3 Å². The highest BCUT2D eigenvalue weighted by Crippen LogP contribution is 2.20. The van der Waals surface area contributed by atoms with Crippen molar-refractivity contribution in [2.24, 2.45) is 7.05 Å². The van der Waals surface area contributed by atoms with Gasteiger partial charge in [-0.2, -0.15) is 0 Å². The van der Waals surface area contributed by atoms with E-state index in [-0.39, 0.29) is 0 Å². The molecule has 2 rings (SSSR count). The molecule has 2 heterocycles. The second-order valence-electron chi connectivity index (χ2n) is 3.49. The minimum atomic E-state index is 0.709. The highest BCUT2D eigenvalue weighted by molar-refractivity contribution is 6.29. The zero-order valence-electron chi connectivity index (χ0n) is 7.83. The van der Waals surface area contributed by atoms with Gasteiger partial charge in [-0.3, -0.25) is 0 Å². The Kier molecular flexibility index (Phi) is 2.44. The van der Waals surface area contributed by atoms with Crippen LogP contribution in [-0.2, 0) is 7.05 Å². The molecule has 0 N–H and O–H groups in total. The monoisotopic (exact) mass is 199 g/mol. The average molecular weight is 200 g/mol. The quantitative estimate of drug-likeness (QED) is 0.691. The molecule has 0 aliphatic carbocycles. The predicted octanol–water partition coefficient (Wildman–Crippen LogP) is 2.06. The lowest BCUT2D eigenvalue weighted by atomic mass is 10.1. The Balaban J connectivity index is 2.18. The maximum atomic E-state index is 5.92. The summed E-state index contributed by atoms with van der Waals surface area (Å²) in [6, 6.07) is 0. The molecule has 0 bridgehead atoms. The molecule has 0 amide bonds. The molecule has 0 unspecified atom stereocenters. The van der Waals surface area contributed by atoms with E-state index >= 15 is 0 Å². The summed E-state index contributed by atoms with van der Waals surface area (Å²) < 4.78 is 1.94. The van der Waals surface area contributed by atoms with Crippen molar-refractivity contribution in [1.82, 2.24) is 9.55 Å². The SMILES string of the molecule is Cn1c(Cl)cnc1N1CCCCC1. The third-order valence-corrected chi connectivity index (χ3v) is 2.90. The number of anilines is 1. The number of imidazole rings is 1. The molecule has 13 heavy (non-hydrogen) atoms. The van der Waals surface area contributed by atoms with E-state index in [1.807, 2.05) is 11.6 Å². The van der Waals surface area contributed by atoms with Crippen LogP contribution in [0.2, 0.25) is 5.15 Å². The summed E-state index contributed by atoms with van der Waals surface area (Å²) in [6.07, 6.45) is 5.59. The first kappa shape index (κ1) is 8.88. The van der Waals surface area contributed by atoms with E-state index in [1.54, 1.807) is 6.20 Å². The lowest BCUT2D eigenvalue weighted by molar-refractivity contribution is 0.562. The minimum absolute atomic E-state index is 0.709. The summed E-state index contributed by atoms with van der Waals surface area (Å²) in [5.41, 5.74) is 0. The van der Waals surface area contributed by atoms with Gasteiger partial charge in [0.2, 0.25) is 5.95 Å². The van der Waals surface area contributed by atoms with Crippen molar-refractivity contribution < 1.29 is 0 Å². The molecular weight excluding hydrogens is 186 g/mol. The lowest BCUT2D eigenvalue weighted by Crippen LogP contribution is -2.31. The normalized spacial score (nSPS) is 17.8. The molecule has 4 heteroatoms. The number of rotatable bonds is 1. The van der Waals surface area contributed by atoms with Gasteiger partial charge in [0.15, 0.2) is 0 Å². The molecule has 1 aliphatic rings. The van der Waals surface area contributed by atoms with E-state index in [9.17, 15) is 0 Å². The Labute approximate surface area is 83.3 Å². The first-order valence-corrected chi connectivity index (χ1v) is 5.09. The molecule has 0 radical (unpaired) electrons. The number of nitrogens with zero attached hydrogens (tertiary/aromatic N) is 3. The van der Waals surface area contributed by atoms with Gasteiger partial charge in [0, 0.05) is 20.1 Å². The fraction of sp³-hybridized carbons (Fsp3) is 0.667. The third-order valence-electron chi connectivity index (χ3n) is 2.55. The molecular formula is C9H14ClN3. The molecule has 1 aromatic heterocycles. The van der Waals surface area contributed by atoms with Crippen LogP contribution in [0.15, 0.2) is 6.20 Å².